The largest absolute Gasteiger partial charge is 0.342 e. The molecule has 1 heterocycles. The summed E-state index contributed by atoms with van der Waals surface area (Å²) in [5.74, 6) is 0.0972. The van der Waals surface area contributed by atoms with Crippen molar-refractivity contribution in [3.8, 4) is 0 Å². The van der Waals surface area contributed by atoms with Gasteiger partial charge < -0.3 is 9.80 Å². The molecule has 0 spiro atoms. The van der Waals surface area contributed by atoms with Crippen LogP contribution in [0.25, 0.3) is 0 Å². The molecule has 162 valence electrons. The predicted octanol–water partition coefficient (Wildman–Crippen LogP) is 2.29. The molecule has 1 aliphatic rings. The topological polar surface area (TPSA) is 78.0 Å². The summed E-state index contributed by atoms with van der Waals surface area (Å²) >= 11 is 0. The van der Waals surface area contributed by atoms with Gasteiger partial charge in [0.05, 0.1) is 11.4 Å². The zero-order chi connectivity index (χ0) is 21.8. The highest BCUT2D eigenvalue weighted by molar-refractivity contribution is 7.89. The number of rotatable bonds is 7. The monoisotopic (exact) mass is 423 g/mol. The fourth-order valence-electron chi connectivity index (χ4n) is 3.91. The average molecular weight is 424 g/mol. The van der Waals surface area contributed by atoms with Crippen molar-refractivity contribution in [2.45, 2.75) is 39.0 Å². The highest BCUT2D eigenvalue weighted by Gasteiger charge is 2.32. The van der Waals surface area contributed by atoms with Gasteiger partial charge in [-0.25, -0.2) is 8.42 Å². The lowest BCUT2D eigenvalue weighted by atomic mass is 9.94. The van der Waals surface area contributed by atoms with E-state index >= 15 is 0 Å². The Morgan fingerprint density at radius 1 is 1.10 bits per heavy atom. The van der Waals surface area contributed by atoms with Crippen molar-refractivity contribution in [2.24, 2.45) is 11.8 Å². The maximum atomic E-state index is 13.1. The van der Waals surface area contributed by atoms with Crippen LogP contribution in [0, 0.1) is 11.8 Å². The number of nitrogens with zero attached hydrogens (tertiary/aromatic N) is 3. The van der Waals surface area contributed by atoms with Gasteiger partial charge >= 0.3 is 0 Å². The highest BCUT2D eigenvalue weighted by atomic mass is 32.2. The van der Waals surface area contributed by atoms with E-state index in [0.717, 1.165) is 6.42 Å². The van der Waals surface area contributed by atoms with Crippen LogP contribution >= 0.6 is 0 Å². The minimum absolute atomic E-state index is 0.0430. The molecule has 2 rings (SSSR count). The summed E-state index contributed by atoms with van der Waals surface area (Å²) in [5, 5.41) is 0. The number of benzene rings is 1. The van der Waals surface area contributed by atoms with Crippen molar-refractivity contribution in [3.05, 3.63) is 29.8 Å². The standard InChI is InChI=1S/C21H33N3O4S/c1-6-23(7-2)20(25)15-22(5)21(26)18-9-8-10-19(12-18)29(27,28)24-13-16(3)11-17(4)14-24/h8-10,12,16-17H,6-7,11,13-15H2,1-5H3. The third-order valence-electron chi connectivity index (χ3n) is 5.39. The Bertz CT molecular complexity index is 826. The van der Waals surface area contributed by atoms with Gasteiger partial charge in [0.1, 0.15) is 0 Å². The molecule has 2 unspecified atom stereocenters. The van der Waals surface area contributed by atoms with Gasteiger partial charge in [-0.3, -0.25) is 9.59 Å². The quantitative estimate of drug-likeness (QED) is 0.674. The number of hydrogen-bond acceptors (Lipinski definition) is 4. The Morgan fingerprint density at radius 3 is 2.24 bits per heavy atom. The molecule has 0 N–H and O–H groups in total. The lowest BCUT2D eigenvalue weighted by molar-refractivity contribution is -0.131. The Labute approximate surface area is 174 Å². The van der Waals surface area contributed by atoms with Gasteiger partial charge in [-0.05, 0) is 50.3 Å². The van der Waals surface area contributed by atoms with Crippen molar-refractivity contribution in [3.63, 3.8) is 0 Å². The first-order chi connectivity index (χ1) is 13.6. The highest BCUT2D eigenvalue weighted by Crippen LogP contribution is 2.27. The second-order valence-electron chi connectivity index (χ2n) is 8.02. The van der Waals surface area contributed by atoms with Gasteiger partial charge in [0.15, 0.2) is 0 Å². The molecule has 0 radical (unpaired) electrons. The van der Waals surface area contributed by atoms with Crippen LogP contribution in [0.15, 0.2) is 29.2 Å². The van der Waals surface area contributed by atoms with E-state index in [1.807, 2.05) is 13.8 Å². The summed E-state index contributed by atoms with van der Waals surface area (Å²) in [4.78, 5) is 28.2. The van der Waals surface area contributed by atoms with Crippen molar-refractivity contribution in [1.82, 2.24) is 14.1 Å². The SMILES string of the molecule is CCN(CC)C(=O)CN(C)C(=O)c1cccc(S(=O)(=O)N2CC(C)CC(C)C2)c1. The van der Waals surface area contributed by atoms with Crippen LogP contribution in [0.5, 0.6) is 0 Å². The zero-order valence-electron chi connectivity index (χ0n) is 18.1. The van der Waals surface area contributed by atoms with E-state index in [0.29, 0.717) is 38.0 Å². The number of hydrogen-bond donors (Lipinski definition) is 0. The maximum Gasteiger partial charge on any atom is 0.254 e. The Kier molecular flexibility index (Phi) is 7.82. The fourth-order valence-corrected chi connectivity index (χ4v) is 5.64. The first-order valence-corrected chi connectivity index (χ1v) is 11.7. The molecule has 29 heavy (non-hydrogen) atoms. The van der Waals surface area contributed by atoms with Crippen LogP contribution in [0.4, 0.5) is 0 Å². The molecule has 7 nitrogen and oxygen atoms in total. The number of likely N-dealkylation sites (N-methyl/N-ethyl adjacent to an activating group) is 2. The molecule has 0 aliphatic carbocycles. The molecule has 0 bridgehead atoms. The van der Waals surface area contributed by atoms with E-state index < -0.39 is 10.0 Å². The lowest BCUT2D eigenvalue weighted by Gasteiger charge is -2.34. The average Bonchev–Trinajstić information content (AvgIpc) is 2.67. The van der Waals surface area contributed by atoms with E-state index in [-0.39, 0.29) is 28.8 Å². The third-order valence-corrected chi connectivity index (χ3v) is 7.22. The summed E-state index contributed by atoms with van der Waals surface area (Å²) in [5.41, 5.74) is 0.263. The molecule has 0 aromatic heterocycles. The normalized spacial score (nSPS) is 20.3. The summed E-state index contributed by atoms with van der Waals surface area (Å²) < 4.78 is 27.7. The predicted molar refractivity (Wildman–Crippen MR) is 113 cm³/mol. The van der Waals surface area contributed by atoms with Crippen molar-refractivity contribution >= 4 is 21.8 Å². The molecule has 1 saturated heterocycles. The minimum Gasteiger partial charge on any atom is -0.342 e. The van der Waals surface area contributed by atoms with Crippen LogP contribution in [0.2, 0.25) is 0 Å². The van der Waals surface area contributed by atoms with E-state index in [1.165, 1.54) is 21.3 Å². The van der Waals surface area contributed by atoms with Gasteiger partial charge in [-0.2, -0.15) is 4.31 Å². The first kappa shape index (κ1) is 23.3. The number of carbonyl (C=O) groups excluding carboxylic acids is 2. The van der Waals surface area contributed by atoms with Gasteiger partial charge in [0, 0.05) is 38.8 Å². The van der Waals surface area contributed by atoms with Crippen molar-refractivity contribution in [2.75, 3.05) is 39.8 Å². The molecule has 8 heteroatoms. The molecular weight excluding hydrogens is 390 g/mol. The molecule has 0 saturated carbocycles. The summed E-state index contributed by atoms with van der Waals surface area (Å²) in [6.07, 6.45) is 1.01. The van der Waals surface area contributed by atoms with E-state index in [1.54, 1.807) is 24.1 Å². The Hall–Kier alpha value is -1.93. The van der Waals surface area contributed by atoms with Crippen LogP contribution in [-0.2, 0) is 14.8 Å². The van der Waals surface area contributed by atoms with Crippen LogP contribution in [-0.4, -0.2) is 74.1 Å². The molecule has 1 fully saturated rings. The Balaban J connectivity index is 2.19. The molecular formula is C21H33N3O4S. The van der Waals surface area contributed by atoms with Gasteiger partial charge in [0.25, 0.3) is 5.91 Å². The van der Waals surface area contributed by atoms with Gasteiger partial charge in [-0.15, -0.1) is 0 Å². The third kappa shape index (κ3) is 5.57. The number of amides is 2. The second-order valence-corrected chi connectivity index (χ2v) is 9.96. The summed E-state index contributed by atoms with van der Waals surface area (Å²) in [6, 6.07) is 6.11. The summed E-state index contributed by atoms with van der Waals surface area (Å²) in [6.45, 7) is 9.99. The number of carbonyl (C=O) groups is 2. The second kappa shape index (κ2) is 9.71. The molecule has 1 aliphatic heterocycles. The number of piperidine rings is 1. The smallest absolute Gasteiger partial charge is 0.254 e. The first-order valence-electron chi connectivity index (χ1n) is 10.2. The maximum absolute atomic E-state index is 13.1. The van der Waals surface area contributed by atoms with Crippen LogP contribution in [0.1, 0.15) is 44.5 Å². The number of sulfonamides is 1. The molecule has 2 atom stereocenters. The Morgan fingerprint density at radius 2 is 1.69 bits per heavy atom. The zero-order valence-corrected chi connectivity index (χ0v) is 18.9. The molecule has 2 amide bonds. The van der Waals surface area contributed by atoms with Crippen molar-refractivity contribution in [1.29, 1.82) is 0 Å². The fraction of sp³-hybridized carbons (Fsp3) is 0.619. The molecule has 1 aromatic rings. The van der Waals surface area contributed by atoms with Gasteiger partial charge in [0.2, 0.25) is 15.9 Å². The van der Waals surface area contributed by atoms with Crippen LogP contribution in [0.3, 0.4) is 0 Å². The van der Waals surface area contributed by atoms with Crippen LogP contribution < -0.4 is 0 Å². The van der Waals surface area contributed by atoms with E-state index in [4.69, 9.17) is 0 Å². The van der Waals surface area contributed by atoms with E-state index in [9.17, 15) is 18.0 Å². The molecule has 1 aromatic carbocycles. The minimum atomic E-state index is -3.67. The van der Waals surface area contributed by atoms with Crippen molar-refractivity contribution < 1.29 is 18.0 Å². The van der Waals surface area contributed by atoms with Gasteiger partial charge in [-0.1, -0.05) is 19.9 Å². The summed E-state index contributed by atoms with van der Waals surface area (Å²) in [7, 11) is -2.11. The lowest BCUT2D eigenvalue weighted by Crippen LogP contribution is -2.42. The van der Waals surface area contributed by atoms with E-state index in [2.05, 4.69) is 13.8 Å².